The number of unbranched alkanes of at least 4 members (excludes halogenated alkanes) is 9. The predicted molar refractivity (Wildman–Crippen MR) is 121 cm³/mol. The number of aldehydes is 1. The van der Waals surface area contributed by atoms with Crippen molar-refractivity contribution in [3.05, 3.63) is 0 Å². The number of esters is 4. The van der Waals surface area contributed by atoms with Crippen LogP contribution in [-0.4, -0.2) is 92.1 Å². The molecule has 0 aromatic rings. The van der Waals surface area contributed by atoms with Gasteiger partial charge in [0.1, 0.15) is 12.2 Å². The molecule has 0 aromatic carbocycles. The van der Waals surface area contributed by atoms with Gasteiger partial charge in [0.05, 0.1) is 26.4 Å². The smallest absolute Gasteiger partial charge is 0.417 e. The molecular formula is C24H34O13. The fourth-order valence-electron chi connectivity index (χ4n) is 4.06. The zero-order valence-corrected chi connectivity index (χ0v) is 20.6. The molecule has 0 saturated carbocycles. The Morgan fingerprint density at radius 2 is 1.08 bits per heavy atom. The number of carbonyl (C=O) groups is 6. The van der Waals surface area contributed by atoms with E-state index in [2.05, 4.69) is 4.74 Å². The van der Waals surface area contributed by atoms with Gasteiger partial charge in [0, 0.05) is 0 Å². The van der Waals surface area contributed by atoms with Gasteiger partial charge >= 0.3 is 29.8 Å². The average molecular weight is 531 g/mol. The van der Waals surface area contributed by atoms with Crippen molar-refractivity contribution in [1.29, 1.82) is 0 Å². The molecule has 2 fully saturated rings. The fraction of sp³-hybridized carbons (Fsp3) is 0.750. The summed E-state index contributed by atoms with van der Waals surface area (Å²) in [6.07, 6.45) is 6.22. The summed E-state index contributed by atoms with van der Waals surface area (Å²) < 4.78 is 30.4. The van der Waals surface area contributed by atoms with Crippen molar-refractivity contribution < 1.29 is 62.3 Å². The maximum Gasteiger partial charge on any atom is 0.417 e. The highest BCUT2D eigenvalue weighted by molar-refractivity contribution is 6.29. The summed E-state index contributed by atoms with van der Waals surface area (Å²) >= 11 is 0. The molecule has 208 valence electrons. The topological polar surface area (TPSA) is 178 Å². The van der Waals surface area contributed by atoms with Gasteiger partial charge in [-0.05, 0) is 12.8 Å². The van der Waals surface area contributed by atoms with Crippen LogP contribution in [-0.2, 0) is 57.2 Å². The third kappa shape index (κ3) is 10.8. The fourth-order valence-corrected chi connectivity index (χ4v) is 4.06. The molecule has 4 atom stereocenters. The Balaban J connectivity index is 1.42. The quantitative estimate of drug-likeness (QED) is 0.0978. The monoisotopic (exact) mass is 530 g/mol. The van der Waals surface area contributed by atoms with Crippen LogP contribution in [0.1, 0.15) is 64.2 Å². The summed E-state index contributed by atoms with van der Waals surface area (Å²) in [4.78, 5) is 66.5. The maximum atomic E-state index is 12.0. The highest BCUT2D eigenvalue weighted by Gasteiger charge is 2.51. The Morgan fingerprint density at radius 3 is 1.54 bits per heavy atom. The first-order chi connectivity index (χ1) is 17.8. The van der Waals surface area contributed by atoms with Gasteiger partial charge in [-0.25, -0.2) is 24.0 Å². The number of carboxylic acids is 1. The molecule has 0 radical (unpaired) electrons. The number of rotatable bonds is 16. The van der Waals surface area contributed by atoms with Crippen molar-refractivity contribution in [2.75, 3.05) is 26.4 Å². The molecule has 13 nitrogen and oxygen atoms in total. The minimum Gasteiger partial charge on any atom is -0.473 e. The molecule has 2 aliphatic heterocycles. The summed E-state index contributed by atoms with van der Waals surface area (Å²) in [5, 5.41) is 8.38. The van der Waals surface area contributed by atoms with Crippen LogP contribution < -0.4 is 0 Å². The van der Waals surface area contributed by atoms with Crippen LogP contribution in [0.15, 0.2) is 0 Å². The van der Waals surface area contributed by atoms with Crippen LogP contribution in [0.5, 0.6) is 0 Å². The van der Waals surface area contributed by atoms with Gasteiger partial charge in [-0.15, -0.1) is 0 Å². The van der Waals surface area contributed by atoms with Crippen LogP contribution in [0.4, 0.5) is 0 Å². The molecular weight excluding hydrogens is 496 g/mol. The lowest BCUT2D eigenvalue weighted by Gasteiger charge is -2.16. The lowest BCUT2D eigenvalue weighted by molar-refractivity contribution is -0.173. The van der Waals surface area contributed by atoms with E-state index in [1.165, 1.54) is 0 Å². The number of hydrogen-bond donors (Lipinski definition) is 1. The van der Waals surface area contributed by atoms with Gasteiger partial charge in [0.2, 0.25) is 6.29 Å². The van der Waals surface area contributed by atoms with Gasteiger partial charge in [0.15, 0.2) is 12.2 Å². The Labute approximate surface area is 214 Å². The third-order valence-electron chi connectivity index (χ3n) is 5.93. The summed E-state index contributed by atoms with van der Waals surface area (Å²) in [6.45, 7) is 0.183. The van der Waals surface area contributed by atoms with E-state index in [-0.39, 0.29) is 32.7 Å². The molecule has 0 amide bonds. The van der Waals surface area contributed by atoms with E-state index in [0.717, 1.165) is 51.4 Å². The summed E-state index contributed by atoms with van der Waals surface area (Å²) in [5.74, 6) is -6.08. The second-order valence-corrected chi connectivity index (χ2v) is 8.75. The molecule has 2 unspecified atom stereocenters. The molecule has 2 heterocycles. The highest BCUT2D eigenvalue weighted by Crippen LogP contribution is 2.30. The van der Waals surface area contributed by atoms with Crippen LogP contribution in [0.3, 0.4) is 0 Å². The molecule has 0 aliphatic carbocycles. The molecule has 2 aliphatic rings. The van der Waals surface area contributed by atoms with Crippen LogP contribution in [0, 0.1) is 0 Å². The second kappa shape index (κ2) is 16.6. The first-order valence-electron chi connectivity index (χ1n) is 12.5. The molecule has 0 bridgehead atoms. The van der Waals surface area contributed by atoms with E-state index in [9.17, 15) is 28.8 Å². The van der Waals surface area contributed by atoms with Crippen molar-refractivity contribution in [2.24, 2.45) is 0 Å². The number of carboxylic acid groups (broad SMARTS) is 1. The molecule has 0 spiro atoms. The third-order valence-corrected chi connectivity index (χ3v) is 5.93. The predicted octanol–water partition coefficient (Wildman–Crippen LogP) is 0.879. The van der Waals surface area contributed by atoms with Gasteiger partial charge in [-0.1, -0.05) is 51.4 Å². The van der Waals surface area contributed by atoms with E-state index < -0.39 is 54.3 Å². The van der Waals surface area contributed by atoms with Crippen molar-refractivity contribution in [2.45, 2.75) is 88.6 Å². The first kappa shape index (κ1) is 30.2. The van der Waals surface area contributed by atoms with Gasteiger partial charge in [0.25, 0.3) is 0 Å². The number of ether oxygens (including phenoxy) is 6. The zero-order chi connectivity index (χ0) is 27.0. The van der Waals surface area contributed by atoms with Gasteiger partial charge < -0.3 is 33.5 Å². The van der Waals surface area contributed by atoms with Crippen LogP contribution in [0.25, 0.3) is 0 Å². The zero-order valence-electron chi connectivity index (χ0n) is 20.6. The van der Waals surface area contributed by atoms with Crippen molar-refractivity contribution >= 4 is 36.1 Å². The summed E-state index contributed by atoms with van der Waals surface area (Å²) in [6, 6.07) is 0. The van der Waals surface area contributed by atoms with Crippen LogP contribution in [0.2, 0.25) is 0 Å². The Morgan fingerprint density at radius 1 is 0.649 bits per heavy atom. The normalized spacial score (nSPS) is 22.1. The standard InChI is InChI=1S/C24H34O13/c25-13-18(26)36-16-14-34-20-17(15-35-19(16)20)37-24(31)23(30)33-12-10-8-6-4-2-1-3-5-7-9-11-32-22(29)21(27)28/h13,16-17,19-20H,1-12,14-15H2,(H,27,28)/t16-,17+,19?,20?/m1/s1. The first-order valence-corrected chi connectivity index (χ1v) is 12.5. The highest BCUT2D eigenvalue weighted by atomic mass is 16.7. The average Bonchev–Trinajstić information content (AvgIpc) is 3.46. The molecule has 13 heteroatoms. The minimum absolute atomic E-state index is 0.0117. The second-order valence-electron chi connectivity index (χ2n) is 8.75. The van der Waals surface area contributed by atoms with E-state index in [0.29, 0.717) is 12.8 Å². The van der Waals surface area contributed by atoms with E-state index >= 15 is 0 Å². The van der Waals surface area contributed by atoms with E-state index in [1.807, 2.05) is 0 Å². The van der Waals surface area contributed by atoms with E-state index in [1.54, 1.807) is 0 Å². The molecule has 1 N–H and O–H groups in total. The van der Waals surface area contributed by atoms with Gasteiger partial charge in [-0.2, -0.15) is 0 Å². The van der Waals surface area contributed by atoms with Gasteiger partial charge in [-0.3, -0.25) is 4.79 Å². The van der Waals surface area contributed by atoms with Crippen molar-refractivity contribution in [1.82, 2.24) is 0 Å². The van der Waals surface area contributed by atoms with Crippen molar-refractivity contribution in [3.8, 4) is 0 Å². The van der Waals surface area contributed by atoms with E-state index in [4.69, 9.17) is 28.8 Å². The molecule has 2 saturated heterocycles. The number of fused-ring (bicyclic) bond motifs is 1. The Hall–Kier alpha value is -3.06. The lowest BCUT2D eigenvalue weighted by atomic mass is 10.1. The largest absolute Gasteiger partial charge is 0.473 e. The lowest BCUT2D eigenvalue weighted by Crippen LogP contribution is -2.37. The number of aliphatic carboxylic acids is 1. The Kier molecular flexibility index (Phi) is 13.6. The van der Waals surface area contributed by atoms with Crippen molar-refractivity contribution in [3.63, 3.8) is 0 Å². The molecule has 0 aromatic heterocycles. The number of hydrogen-bond acceptors (Lipinski definition) is 12. The Bertz CT molecular complexity index is 796. The van der Waals surface area contributed by atoms with Crippen LogP contribution >= 0.6 is 0 Å². The summed E-state index contributed by atoms with van der Waals surface area (Å²) in [5.41, 5.74) is 0. The molecule has 37 heavy (non-hydrogen) atoms. The minimum atomic E-state index is -1.58. The number of carbonyl (C=O) groups excluding carboxylic acids is 5. The maximum absolute atomic E-state index is 12.0. The SMILES string of the molecule is O=CC(=O)O[C@@H]1COC2C1OC[C@@H]2OC(=O)C(=O)OCCCCCCCCCCCCOC(=O)C(=O)O. The summed E-state index contributed by atoms with van der Waals surface area (Å²) in [7, 11) is 0. The molecule has 2 rings (SSSR count).